The number of rotatable bonds is 5. The van der Waals surface area contributed by atoms with Gasteiger partial charge in [0.1, 0.15) is 23.7 Å². The zero-order chi connectivity index (χ0) is 18.0. The Morgan fingerprint density at radius 2 is 2.08 bits per heavy atom. The molecule has 8 nitrogen and oxygen atoms in total. The fourth-order valence-corrected chi connectivity index (χ4v) is 2.51. The summed E-state index contributed by atoms with van der Waals surface area (Å²) in [5.74, 6) is 0.0498. The van der Waals surface area contributed by atoms with Crippen LogP contribution in [-0.2, 0) is 11.3 Å². The van der Waals surface area contributed by atoms with Crippen molar-refractivity contribution in [2.24, 2.45) is 0 Å². The van der Waals surface area contributed by atoms with Crippen LogP contribution in [0.4, 0.5) is 11.4 Å². The Bertz CT molecular complexity index is 816. The molecule has 1 N–H and O–H groups in total. The van der Waals surface area contributed by atoms with Gasteiger partial charge in [-0.3, -0.25) is 19.6 Å². The van der Waals surface area contributed by atoms with Crippen molar-refractivity contribution in [1.82, 2.24) is 9.78 Å². The number of halogens is 1. The van der Waals surface area contributed by atoms with Gasteiger partial charge in [-0.25, -0.2) is 0 Å². The third-order valence-electron chi connectivity index (χ3n) is 3.57. The van der Waals surface area contributed by atoms with Crippen LogP contribution in [-0.4, -0.2) is 27.7 Å². The van der Waals surface area contributed by atoms with E-state index in [1.165, 1.54) is 18.7 Å². The second-order valence-electron chi connectivity index (χ2n) is 5.28. The van der Waals surface area contributed by atoms with Gasteiger partial charge in [0.05, 0.1) is 17.7 Å². The number of nitrogens with zero attached hydrogens (tertiary/aromatic N) is 3. The molecule has 0 aliphatic heterocycles. The van der Waals surface area contributed by atoms with Crippen molar-refractivity contribution in [3.8, 4) is 5.75 Å². The highest BCUT2D eigenvalue weighted by Gasteiger charge is 2.23. The van der Waals surface area contributed by atoms with E-state index < -0.39 is 4.92 Å². The topological polar surface area (TPSA) is 99.3 Å². The van der Waals surface area contributed by atoms with Crippen molar-refractivity contribution < 1.29 is 14.5 Å². The van der Waals surface area contributed by atoms with E-state index in [1.807, 2.05) is 6.92 Å². The number of aryl methyl sites for hydroxylation is 2. The molecule has 0 bridgehead atoms. The fraction of sp³-hybridized carbons (Fsp3) is 0.333. The average Bonchev–Trinajstić information content (AvgIpc) is 2.76. The fourth-order valence-electron chi connectivity index (χ4n) is 2.36. The molecule has 24 heavy (non-hydrogen) atoms. The number of hydrogen-bond acceptors (Lipinski definition) is 5. The molecular formula is C15H17ClN4O4. The predicted octanol–water partition coefficient (Wildman–Crippen LogP) is 3.02. The molecule has 1 aromatic heterocycles. The molecule has 0 unspecified atom stereocenters. The molecule has 1 heterocycles. The van der Waals surface area contributed by atoms with Crippen molar-refractivity contribution in [3.63, 3.8) is 0 Å². The summed E-state index contributed by atoms with van der Waals surface area (Å²) in [6.45, 7) is 4.75. The van der Waals surface area contributed by atoms with E-state index in [0.717, 1.165) is 5.56 Å². The highest BCUT2D eigenvalue weighted by molar-refractivity contribution is 6.31. The maximum atomic E-state index is 12.3. The van der Waals surface area contributed by atoms with E-state index in [4.69, 9.17) is 16.3 Å². The number of hydrogen-bond donors (Lipinski definition) is 1. The van der Waals surface area contributed by atoms with E-state index in [1.54, 1.807) is 19.1 Å². The second-order valence-corrected chi connectivity index (χ2v) is 5.69. The van der Waals surface area contributed by atoms with Crippen LogP contribution in [0.1, 0.15) is 17.0 Å². The van der Waals surface area contributed by atoms with Crippen LogP contribution in [0.3, 0.4) is 0 Å². The molecule has 1 amide bonds. The Labute approximate surface area is 143 Å². The Hall–Kier alpha value is -2.61. The van der Waals surface area contributed by atoms with Crippen molar-refractivity contribution in [2.75, 3.05) is 12.4 Å². The van der Waals surface area contributed by atoms with Crippen LogP contribution in [0.5, 0.6) is 5.75 Å². The Kier molecular flexibility index (Phi) is 5.08. The molecule has 0 saturated heterocycles. The first-order valence-electron chi connectivity index (χ1n) is 7.07. The Morgan fingerprint density at radius 3 is 2.62 bits per heavy atom. The van der Waals surface area contributed by atoms with Crippen molar-refractivity contribution in [1.29, 1.82) is 0 Å². The number of methoxy groups -OCH3 is 1. The third kappa shape index (κ3) is 3.48. The summed E-state index contributed by atoms with van der Waals surface area (Å²) < 4.78 is 6.50. The zero-order valence-corrected chi connectivity index (χ0v) is 14.5. The van der Waals surface area contributed by atoms with Gasteiger partial charge in [-0.2, -0.15) is 5.10 Å². The lowest BCUT2D eigenvalue weighted by atomic mass is 10.2. The van der Waals surface area contributed by atoms with E-state index >= 15 is 0 Å². The smallest absolute Gasteiger partial charge is 0.312 e. The van der Waals surface area contributed by atoms with E-state index in [2.05, 4.69) is 10.4 Å². The molecule has 2 aromatic rings. The molecular weight excluding hydrogens is 336 g/mol. The second kappa shape index (κ2) is 6.88. The lowest BCUT2D eigenvalue weighted by Crippen LogP contribution is -2.20. The quantitative estimate of drug-likeness (QED) is 0.658. The molecule has 0 radical (unpaired) electrons. The summed E-state index contributed by atoms with van der Waals surface area (Å²) in [4.78, 5) is 22.8. The number of carbonyl (C=O) groups excluding carboxylic acids is 1. The van der Waals surface area contributed by atoms with Gasteiger partial charge in [-0.1, -0.05) is 11.6 Å². The molecule has 1 aromatic carbocycles. The third-order valence-corrected chi connectivity index (χ3v) is 3.98. The number of anilines is 1. The van der Waals surface area contributed by atoms with Crippen LogP contribution in [0.25, 0.3) is 0 Å². The molecule has 2 rings (SSSR count). The number of nitrogens with one attached hydrogen (secondary N) is 1. The molecule has 0 aliphatic rings. The van der Waals surface area contributed by atoms with E-state index in [-0.39, 0.29) is 23.8 Å². The first-order chi connectivity index (χ1) is 11.2. The van der Waals surface area contributed by atoms with Gasteiger partial charge in [0.2, 0.25) is 5.91 Å². The van der Waals surface area contributed by atoms with Crippen molar-refractivity contribution >= 4 is 28.9 Å². The predicted molar refractivity (Wildman–Crippen MR) is 89.7 cm³/mol. The van der Waals surface area contributed by atoms with Crippen molar-refractivity contribution in [2.45, 2.75) is 27.3 Å². The lowest BCUT2D eigenvalue weighted by Gasteiger charge is -2.12. The first-order valence-corrected chi connectivity index (χ1v) is 7.44. The number of carbonyl (C=O) groups is 1. The summed E-state index contributed by atoms with van der Waals surface area (Å²) in [5, 5.41) is 18.3. The van der Waals surface area contributed by atoms with Crippen LogP contribution >= 0.6 is 11.6 Å². The number of benzene rings is 1. The SMILES string of the molecule is COc1cc(Cl)c(C)cc1NC(=O)Cn1nc(C)c([N+](=O)[O-])c1C. The van der Waals surface area contributed by atoms with Gasteiger partial charge in [0, 0.05) is 11.1 Å². The van der Waals surface area contributed by atoms with E-state index in [9.17, 15) is 14.9 Å². The summed E-state index contributed by atoms with van der Waals surface area (Å²) >= 11 is 6.03. The molecule has 128 valence electrons. The van der Waals surface area contributed by atoms with Crippen LogP contribution in [0, 0.1) is 30.9 Å². The van der Waals surface area contributed by atoms with Gasteiger partial charge in [-0.05, 0) is 32.4 Å². The molecule has 0 spiro atoms. The van der Waals surface area contributed by atoms with Crippen LogP contribution < -0.4 is 10.1 Å². The van der Waals surface area contributed by atoms with Crippen molar-refractivity contribution in [3.05, 3.63) is 44.2 Å². The van der Waals surface area contributed by atoms with Gasteiger partial charge >= 0.3 is 5.69 Å². The highest BCUT2D eigenvalue weighted by Crippen LogP contribution is 2.31. The van der Waals surface area contributed by atoms with E-state index in [0.29, 0.717) is 22.2 Å². The van der Waals surface area contributed by atoms with Gasteiger partial charge in [0.15, 0.2) is 0 Å². The largest absolute Gasteiger partial charge is 0.495 e. The Balaban J connectivity index is 2.22. The summed E-state index contributed by atoms with van der Waals surface area (Å²) in [6.07, 6.45) is 0. The monoisotopic (exact) mass is 352 g/mol. The molecule has 9 heteroatoms. The number of amides is 1. The standard InChI is InChI=1S/C15H17ClN4O4/c1-8-5-12(13(24-4)6-11(8)16)17-14(21)7-19-10(3)15(20(22)23)9(2)18-19/h5-6H,7H2,1-4H3,(H,17,21). The molecule has 0 fully saturated rings. The minimum atomic E-state index is -0.502. The van der Waals surface area contributed by atoms with Crippen LogP contribution in [0.2, 0.25) is 5.02 Å². The molecule has 0 aliphatic carbocycles. The minimum Gasteiger partial charge on any atom is -0.495 e. The number of ether oxygens (including phenoxy) is 1. The summed E-state index contributed by atoms with van der Waals surface area (Å²) in [5.41, 5.74) is 1.77. The highest BCUT2D eigenvalue weighted by atomic mass is 35.5. The van der Waals surface area contributed by atoms with Gasteiger partial charge in [0.25, 0.3) is 0 Å². The summed E-state index contributed by atoms with van der Waals surface area (Å²) in [6, 6.07) is 3.31. The van der Waals surface area contributed by atoms with Gasteiger partial charge in [-0.15, -0.1) is 0 Å². The van der Waals surface area contributed by atoms with Gasteiger partial charge < -0.3 is 10.1 Å². The maximum absolute atomic E-state index is 12.3. The first kappa shape index (κ1) is 17.7. The van der Waals surface area contributed by atoms with Crippen LogP contribution in [0.15, 0.2) is 12.1 Å². The Morgan fingerprint density at radius 1 is 1.42 bits per heavy atom. The number of aromatic nitrogens is 2. The maximum Gasteiger partial charge on any atom is 0.312 e. The normalized spacial score (nSPS) is 10.5. The average molecular weight is 353 g/mol. The zero-order valence-electron chi connectivity index (χ0n) is 13.7. The summed E-state index contributed by atoms with van der Waals surface area (Å²) in [7, 11) is 1.47. The molecule has 0 atom stereocenters. The lowest BCUT2D eigenvalue weighted by molar-refractivity contribution is -0.386. The minimum absolute atomic E-state index is 0.0808. The molecule has 0 saturated carbocycles. The number of nitro groups is 1.